The Hall–Kier alpha value is -1.24. The largest absolute Gasteiger partial charge is 0.455 e. The van der Waals surface area contributed by atoms with E-state index in [0.717, 1.165) is 24.3 Å². The van der Waals surface area contributed by atoms with Gasteiger partial charge in [-0.25, -0.2) is 0 Å². The van der Waals surface area contributed by atoms with Crippen LogP contribution in [0, 0.1) is 0 Å². The van der Waals surface area contributed by atoms with Gasteiger partial charge in [0.2, 0.25) is 0 Å². The van der Waals surface area contributed by atoms with Gasteiger partial charge < -0.3 is 14.8 Å². The van der Waals surface area contributed by atoms with Crippen LogP contribution in [-0.2, 0) is 19.1 Å². The van der Waals surface area contributed by atoms with Crippen LogP contribution in [0.1, 0.15) is 12.8 Å². The number of halogens is 1. The zero-order chi connectivity index (χ0) is 15.8. The molecule has 7 heteroatoms. The molecule has 1 aromatic rings. The Bertz CT molecular complexity index is 520. The second-order valence-electron chi connectivity index (χ2n) is 4.82. The van der Waals surface area contributed by atoms with Crippen LogP contribution in [0.15, 0.2) is 29.2 Å². The fourth-order valence-corrected chi connectivity index (χ4v) is 3.01. The Morgan fingerprint density at radius 2 is 2.23 bits per heavy atom. The molecule has 1 unspecified atom stereocenters. The van der Waals surface area contributed by atoms with Crippen molar-refractivity contribution in [1.29, 1.82) is 0 Å². The fourth-order valence-electron chi connectivity index (χ4n) is 1.97. The van der Waals surface area contributed by atoms with Crippen molar-refractivity contribution in [1.82, 2.24) is 5.32 Å². The minimum atomic E-state index is -0.447. The summed E-state index contributed by atoms with van der Waals surface area (Å²) in [5, 5.41) is 3.29. The number of nitrogens with one attached hydrogen (secondary N) is 1. The molecule has 1 aliphatic heterocycles. The first-order chi connectivity index (χ1) is 10.6. The molecule has 1 atom stereocenters. The van der Waals surface area contributed by atoms with Crippen molar-refractivity contribution >= 4 is 35.2 Å². The number of hydrogen-bond acceptors (Lipinski definition) is 5. The van der Waals surface area contributed by atoms with Crippen LogP contribution in [0.2, 0.25) is 5.02 Å². The number of benzene rings is 1. The standard InChI is InChI=1S/C15H18ClNO4S/c16-12-5-1-2-6-13(12)22-10-15(19)21-9-14(18)17-8-11-4-3-7-20-11/h1-2,5-6,11H,3-4,7-10H2,(H,17,18). The number of rotatable bonds is 7. The summed E-state index contributed by atoms with van der Waals surface area (Å²) in [4.78, 5) is 24.0. The normalized spacial score (nSPS) is 17.2. The summed E-state index contributed by atoms with van der Waals surface area (Å²) < 4.78 is 10.3. The molecular formula is C15H18ClNO4S. The molecule has 1 N–H and O–H groups in total. The molecule has 0 spiro atoms. The summed E-state index contributed by atoms with van der Waals surface area (Å²) in [6.07, 6.45) is 2.05. The molecule has 5 nitrogen and oxygen atoms in total. The van der Waals surface area contributed by atoms with Crippen molar-refractivity contribution in [3.63, 3.8) is 0 Å². The quantitative estimate of drug-likeness (QED) is 0.607. The highest BCUT2D eigenvalue weighted by Gasteiger charge is 2.16. The molecule has 1 aliphatic rings. The van der Waals surface area contributed by atoms with Gasteiger partial charge >= 0.3 is 5.97 Å². The highest BCUT2D eigenvalue weighted by atomic mass is 35.5. The molecule has 1 fully saturated rings. The summed E-state index contributed by atoms with van der Waals surface area (Å²) in [6.45, 7) is 0.939. The third kappa shape index (κ3) is 5.87. The average Bonchev–Trinajstić information content (AvgIpc) is 3.03. The first-order valence-corrected chi connectivity index (χ1v) is 8.43. The Morgan fingerprint density at radius 3 is 2.95 bits per heavy atom. The van der Waals surface area contributed by atoms with Crippen LogP contribution in [0.5, 0.6) is 0 Å². The molecule has 0 bridgehead atoms. The van der Waals surface area contributed by atoms with E-state index in [-0.39, 0.29) is 24.4 Å². The van der Waals surface area contributed by atoms with Crippen LogP contribution in [0.4, 0.5) is 0 Å². The van der Waals surface area contributed by atoms with Crippen LogP contribution in [-0.4, -0.2) is 43.5 Å². The summed E-state index contributed by atoms with van der Waals surface area (Å²) >= 11 is 7.27. The molecule has 22 heavy (non-hydrogen) atoms. The zero-order valence-electron chi connectivity index (χ0n) is 12.0. The number of carbonyl (C=O) groups is 2. The van der Waals surface area contributed by atoms with E-state index in [1.54, 1.807) is 6.07 Å². The van der Waals surface area contributed by atoms with Crippen LogP contribution in [0.3, 0.4) is 0 Å². The lowest BCUT2D eigenvalue weighted by molar-refractivity contribution is -0.146. The predicted octanol–water partition coefficient (Wildman–Crippen LogP) is 2.27. The van der Waals surface area contributed by atoms with Crippen molar-refractivity contribution in [2.24, 2.45) is 0 Å². The third-order valence-electron chi connectivity index (χ3n) is 3.10. The number of hydrogen-bond donors (Lipinski definition) is 1. The zero-order valence-corrected chi connectivity index (χ0v) is 13.6. The number of thioether (sulfide) groups is 1. The van der Waals surface area contributed by atoms with E-state index >= 15 is 0 Å². The Morgan fingerprint density at radius 1 is 1.41 bits per heavy atom. The van der Waals surface area contributed by atoms with Gasteiger partial charge in [-0.15, -0.1) is 11.8 Å². The van der Waals surface area contributed by atoms with E-state index in [4.69, 9.17) is 21.1 Å². The van der Waals surface area contributed by atoms with E-state index in [9.17, 15) is 9.59 Å². The summed E-state index contributed by atoms with van der Waals surface area (Å²) in [6, 6.07) is 7.25. The molecule has 1 heterocycles. The maximum Gasteiger partial charge on any atom is 0.316 e. The van der Waals surface area contributed by atoms with Crippen LogP contribution < -0.4 is 5.32 Å². The van der Waals surface area contributed by atoms with Gasteiger partial charge in [-0.3, -0.25) is 9.59 Å². The van der Waals surface area contributed by atoms with Crippen molar-refractivity contribution < 1.29 is 19.1 Å². The molecule has 2 rings (SSSR count). The van der Waals surface area contributed by atoms with E-state index in [1.165, 1.54) is 11.8 Å². The molecule has 120 valence electrons. The van der Waals surface area contributed by atoms with Gasteiger partial charge in [-0.2, -0.15) is 0 Å². The summed E-state index contributed by atoms with van der Waals surface area (Å²) in [5.74, 6) is -0.647. The average molecular weight is 344 g/mol. The van der Waals surface area contributed by atoms with Crippen molar-refractivity contribution in [3.8, 4) is 0 Å². The monoisotopic (exact) mass is 343 g/mol. The van der Waals surface area contributed by atoms with E-state index in [0.29, 0.717) is 11.6 Å². The summed E-state index contributed by atoms with van der Waals surface area (Å²) in [7, 11) is 0. The predicted molar refractivity (Wildman–Crippen MR) is 85.1 cm³/mol. The van der Waals surface area contributed by atoms with E-state index < -0.39 is 5.97 Å². The van der Waals surface area contributed by atoms with Gasteiger partial charge in [-0.05, 0) is 25.0 Å². The van der Waals surface area contributed by atoms with Gasteiger partial charge in [0, 0.05) is 18.0 Å². The van der Waals surface area contributed by atoms with Gasteiger partial charge in [0.15, 0.2) is 6.61 Å². The first kappa shape index (κ1) is 17.1. The number of esters is 1. The Balaban J connectivity index is 1.60. The first-order valence-electron chi connectivity index (χ1n) is 7.06. The molecule has 0 aromatic heterocycles. The van der Waals surface area contributed by atoms with Gasteiger partial charge in [0.25, 0.3) is 5.91 Å². The Labute approximate surface area is 138 Å². The summed E-state index contributed by atoms with van der Waals surface area (Å²) in [5.41, 5.74) is 0. The molecule has 0 aliphatic carbocycles. The van der Waals surface area contributed by atoms with Crippen LogP contribution in [0.25, 0.3) is 0 Å². The number of carbonyl (C=O) groups excluding carboxylic acids is 2. The molecule has 1 saturated heterocycles. The van der Waals surface area contributed by atoms with Gasteiger partial charge in [0.1, 0.15) is 0 Å². The minimum Gasteiger partial charge on any atom is -0.455 e. The maximum absolute atomic E-state index is 11.6. The smallest absolute Gasteiger partial charge is 0.316 e. The molecule has 1 aromatic carbocycles. The Kier molecular flexibility index (Phi) is 7.02. The van der Waals surface area contributed by atoms with Gasteiger partial charge in [-0.1, -0.05) is 23.7 Å². The molecule has 0 radical (unpaired) electrons. The topological polar surface area (TPSA) is 64.6 Å². The van der Waals surface area contributed by atoms with Crippen LogP contribution >= 0.6 is 23.4 Å². The van der Waals surface area contributed by atoms with Crippen molar-refractivity contribution in [2.45, 2.75) is 23.8 Å². The molecule has 0 saturated carbocycles. The number of amides is 1. The highest BCUT2D eigenvalue weighted by molar-refractivity contribution is 8.00. The lowest BCUT2D eigenvalue weighted by Gasteiger charge is -2.11. The number of ether oxygens (including phenoxy) is 2. The minimum absolute atomic E-state index is 0.0791. The van der Waals surface area contributed by atoms with E-state index in [2.05, 4.69) is 5.32 Å². The maximum atomic E-state index is 11.6. The second-order valence-corrected chi connectivity index (χ2v) is 6.24. The van der Waals surface area contributed by atoms with Crippen molar-refractivity contribution in [3.05, 3.63) is 29.3 Å². The lowest BCUT2D eigenvalue weighted by atomic mass is 10.2. The van der Waals surface area contributed by atoms with E-state index in [1.807, 2.05) is 18.2 Å². The van der Waals surface area contributed by atoms with Crippen molar-refractivity contribution in [2.75, 3.05) is 25.5 Å². The third-order valence-corrected chi connectivity index (χ3v) is 4.59. The SMILES string of the molecule is O=C(COC(=O)CSc1ccccc1Cl)NCC1CCCO1. The lowest BCUT2D eigenvalue weighted by Crippen LogP contribution is -2.35. The fraction of sp³-hybridized carbons (Fsp3) is 0.467. The van der Waals surface area contributed by atoms with Gasteiger partial charge in [0.05, 0.1) is 16.9 Å². The molecule has 1 amide bonds. The highest BCUT2D eigenvalue weighted by Crippen LogP contribution is 2.26. The molecular weight excluding hydrogens is 326 g/mol. The second kappa shape index (κ2) is 9.02.